The third-order valence-corrected chi connectivity index (χ3v) is 7.47. The van der Waals surface area contributed by atoms with Crippen LogP contribution in [-0.2, 0) is 47.5 Å². The fourth-order valence-corrected chi connectivity index (χ4v) is 5.17. The summed E-state index contributed by atoms with van der Waals surface area (Å²) in [4.78, 5) is 10.4. The van der Waals surface area contributed by atoms with Crippen molar-refractivity contribution >= 4 is 16.1 Å². The lowest BCUT2D eigenvalue weighted by molar-refractivity contribution is -0.456. The van der Waals surface area contributed by atoms with Gasteiger partial charge in [0.2, 0.25) is 0 Å². The van der Waals surface area contributed by atoms with Crippen molar-refractivity contribution in [1.82, 2.24) is 0 Å². The van der Waals surface area contributed by atoms with E-state index in [2.05, 4.69) is 8.92 Å². The smallest absolute Gasteiger partial charge is 0.460 e. The summed E-state index contributed by atoms with van der Waals surface area (Å²) in [5, 5.41) is 1.79. The Bertz CT molecular complexity index is 1090. The lowest BCUT2D eigenvalue weighted by Gasteiger charge is -2.33. The summed E-state index contributed by atoms with van der Waals surface area (Å²) in [6.07, 6.45) is -25.5. The Balaban J connectivity index is 1.81. The number of alkyl halides is 8. The van der Waals surface area contributed by atoms with Crippen LogP contribution < -0.4 is 0 Å². The first-order valence-electron chi connectivity index (χ1n) is 12.0. The second-order valence-corrected chi connectivity index (χ2v) is 12.0. The number of hydrogen-bond donors (Lipinski definition) is 1. The molecule has 0 saturated carbocycles. The Morgan fingerprint density at radius 1 is 0.902 bits per heavy atom. The Morgan fingerprint density at radius 2 is 1.51 bits per heavy atom. The van der Waals surface area contributed by atoms with E-state index < -0.39 is 107 Å². The first kappa shape index (κ1) is 34.1. The number of fused-ring (bicyclic) bond motifs is 1. The summed E-state index contributed by atoms with van der Waals surface area (Å²) < 4.78 is 173. The highest BCUT2D eigenvalue weighted by Gasteiger charge is 2.75. The number of unbranched alkanes of at least 4 members (excludes halogenated alkanes) is 1. The number of hydrogen-bond acceptors (Lipinski definition) is 10. The molecular weight excluding hydrogens is 612 g/mol. The minimum Gasteiger partial charge on any atom is -0.481 e. The van der Waals surface area contributed by atoms with Crippen molar-refractivity contribution in [1.29, 1.82) is 0 Å². The number of rotatable bonds is 13. The molecule has 3 saturated heterocycles. The second kappa shape index (κ2) is 10.9. The van der Waals surface area contributed by atoms with Crippen LogP contribution in [0.5, 0.6) is 0 Å². The van der Waals surface area contributed by atoms with E-state index in [0.29, 0.717) is 0 Å². The second-order valence-electron chi connectivity index (χ2n) is 10.4. The van der Waals surface area contributed by atoms with Crippen LogP contribution in [0.1, 0.15) is 53.4 Å². The van der Waals surface area contributed by atoms with Gasteiger partial charge in [0.1, 0.15) is 24.4 Å². The molecule has 3 aliphatic rings. The van der Waals surface area contributed by atoms with Crippen LogP contribution in [0.25, 0.3) is 0 Å². The number of aliphatic carboxylic acids is 1. The van der Waals surface area contributed by atoms with Crippen LogP contribution >= 0.6 is 0 Å². The highest BCUT2D eigenvalue weighted by molar-refractivity contribution is 7.87. The average Bonchev–Trinajstić information content (AvgIpc) is 3.39. The van der Waals surface area contributed by atoms with Gasteiger partial charge in [0.15, 0.2) is 17.9 Å². The monoisotopic (exact) mass is 640 g/mol. The van der Waals surface area contributed by atoms with E-state index in [1.807, 2.05) is 0 Å². The molecule has 20 heteroatoms. The highest BCUT2D eigenvalue weighted by atomic mass is 32.2. The van der Waals surface area contributed by atoms with Gasteiger partial charge in [0.05, 0.1) is 6.61 Å². The van der Waals surface area contributed by atoms with Crippen molar-refractivity contribution in [2.24, 2.45) is 0 Å². The highest BCUT2D eigenvalue weighted by Crippen LogP contribution is 2.50. The van der Waals surface area contributed by atoms with Gasteiger partial charge in [0, 0.05) is 12.8 Å². The Hall–Kier alpha value is -1.42. The molecule has 41 heavy (non-hydrogen) atoms. The quantitative estimate of drug-likeness (QED) is 0.179. The van der Waals surface area contributed by atoms with E-state index in [9.17, 15) is 48.3 Å². The van der Waals surface area contributed by atoms with Crippen LogP contribution in [0.2, 0.25) is 0 Å². The van der Waals surface area contributed by atoms with E-state index in [-0.39, 0.29) is 6.61 Å². The molecule has 1 N–H and O–H groups in total. The number of carboxylic acids is 1. The van der Waals surface area contributed by atoms with Gasteiger partial charge in [-0.15, -0.1) is 0 Å². The van der Waals surface area contributed by atoms with Crippen LogP contribution in [0, 0.1) is 0 Å². The molecule has 3 fully saturated rings. The molecule has 0 aromatic heterocycles. The minimum atomic E-state index is -6.98. The van der Waals surface area contributed by atoms with Crippen molar-refractivity contribution in [3.63, 3.8) is 0 Å². The molecule has 0 amide bonds. The topological polar surface area (TPSA) is 136 Å². The van der Waals surface area contributed by atoms with Crippen LogP contribution in [0.4, 0.5) is 35.1 Å². The van der Waals surface area contributed by atoms with E-state index in [0.717, 1.165) is 0 Å². The van der Waals surface area contributed by atoms with Crippen LogP contribution in [0.3, 0.4) is 0 Å². The lowest BCUT2D eigenvalue weighted by Crippen LogP contribution is -2.57. The Kier molecular flexibility index (Phi) is 9.09. The summed E-state index contributed by atoms with van der Waals surface area (Å²) in [7, 11) is -6.98. The maximum absolute atomic E-state index is 14.7. The number of carboxylic acid groups (broad SMARTS) is 1. The molecule has 0 bridgehead atoms. The molecule has 0 aromatic rings. The van der Waals surface area contributed by atoms with E-state index in [4.69, 9.17) is 28.8 Å². The van der Waals surface area contributed by atoms with Crippen molar-refractivity contribution in [2.75, 3.05) is 6.61 Å². The maximum atomic E-state index is 14.7. The van der Waals surface area contributed by atoms with E-state index in [1.54, 1.807) is 0 Å². The predicted molar refractivity (Wildman–Crippen MR) is 114 cm³/mol. The molecular formula is C21H28F8O11S. The standard InChI is InChI=1S/C21H28F8O11S/c1-16(2)34-9-10(36-16)12-13(14-15(35-12)38-17(3,4)37-14)39-41(32,33)21(28,29)20(26,27)40-19(24,25)18(22,23)8-6-5-7-11(30)31/h10,12-15H,5-9H2,1-4H3,(H,30,31)/t10?,12-,13+,14?,15-/m1/s1. The van der Waals surface area contributed by atoms with Gasteiger partial charge in [-0.2, -0.15) is 43.5 Å². The van der Waals surface area contributed by atoms with Crippen molar-refractivity contribution in [3.05, 3.63) is 0 Å². The third-order valence-electron chi connectivity index (χ3n) is 6.13. The molecule has 0 radical (unpaired) electrons. The molecule has 0 aliphatic carbocycles. The molecule has 3 heterocycles. The van der Waals surface area contributed by atoms with Crippen molar-refractivity contribution in [2.45, 2.75) is 119 Å². The van der Waals surface area contributed by atoms with Gasteiger partial charge in [-0.25, -0.2) is 4.74 Å². The largest absolute Gasteiger partial charge is 0.481 e. The van der Waals surface area contributed by atoms with Gasteiger partial charge in [-0.05, 0) is 40.5 Å². The summed E-state index contributed by atoms with van der Waals surface area (Å²) in [5.41, 5.74) is 0. The van der Waals surface area contributed by atoms with Gasteiger partial charge >= 0.3 is 39.5 Å². The van der Waals surface area contributed by atoms with Gasteiger partial charge < -0.3 is 28.8 Å². The zero-order valence-corrected chi connectivity index (χ0v) is 22.7. The average molecular weight is 640 g/mol. The van der Waals surface area contributed by atoms with Crippen molar-refractivity contribution in [3.8, 4) is 0 Å². The zero-order valence-electron chi connectivity index (χ0n) is 21.9. The van der Waals surface area contributed by atoms with Crippen LogP contribution in [-0.4, -0.2) is 91.8 Å². The molecule has 3 rings (SSSR count). The Labute approximate surface area is 228 Å². The molecule has 3 aliphatic heterocycles. The van der Waals surface area contributed by atoms with E-state index in [1.165, 1.54) is 27.7 Å². The van der Waals surface area contributed by atoms with Gasteiger partial charge in [-0.1, -0.05) is 0 Å². The van der Waals surface area contributed by atoms with Gasteiger partial charge in [-0.3, -0.25) is 8.98 Å². The molecule has 240 valence electrons. The Morgan fingerprint density at radius 3 is 2.05 bits per heavy atom. The first-order valence-corrected chi connectivity index (χ1v) is 13.4. The van der Waals surface area contributed by atoms with Gasteiger partial charge in [0.25, 0.3) is 0 Å². The molecule has 2 unspecified atom stereocenters. The molecule has 0 spiro atoms. The SMILES string of the molecule is CC1(C)OCC([C@H]2O[C@@H]3OC(C)(C)OC3[C@H]2OS(=O)(=O)C(F)(F)C(F)(F)OC(F)(F)C(F)(F)CCCCC(=O)O)O1. The maximum Gasteiger partial charge on any atom is 0.460 e. The van der Waals surface area contributed by atoms with Crippen LogP contribution in [0.15, 0.2) is 0 Å². The fourth-order valence-electron chi connectivity index (χ4n) is 4.21. The summed E-state index contributed by atoms with van der Waals surface area (Å²) in [6.45, 7) is 5.17. The molecule has 5 atom stereocenters. The lowest BCUT2D eigenvalue weighted by atomic mass is 10.1. The zero-order chi connectivity index (χ0) is 31.4. The number of carbonyl (C=O) groups is 1. The molecule has 11 nitrogen and oxygen atoms in total. The number of ether oxygens (including phenoxy) is 6. The minimum absolute atomic E-state index is 0.316. The van der Waals surface area contributed by atoms with E-state index >= 15 is 0 Å². The molecule has 0 aromatic carbocycles. The summed E-state index contributed by atoms with van der Waals surface area (Å²) in [6, 6.07) is 0. The first-order chi connectivity index (χ1) is 18.3. The third kappa shape index (κ3) is 7.05. The fraction of sp³-hybridized carbons (Fsp3) is 0.952. The van der Waals surface area contributed by atoms with Crippen molar-refractivity contribution < 1.29 is 86.0 Å². The summed E-state index contributed by atoms with van der Waals surface area (Å²) >= 11 is 0. The summed E-state index contributed by atoms with van der Waals surface area (Å²) in [5.74, 6) is -9.76. The number of halogens is 8. The normalized spacial score (nSPS) is 30.5. The predicted octanol–water partition coefficient (Wildman–Crippen LogP) is 3.80.